The minimum Gasteiger partial charge on any atom is -0.497 e. The zero-order valence-electron chi connectivity index (χ0n) is 19.0. The average molecular weight is 453 g/mol. The number of ether oxygens (including phenoxy) is 1. The summed E-state index contributed by atoms with van der Waals surface area (Å²) in [5.41, 5.74) is 1.22. The lowest BCUT2D eigenvalue weighted by molar-refractivity contribution is 0.0988. The third-order valence-corrected chi connectivity index (χ3v) is 6.09. The van der Waals surface area contributed by atoms with Crippen LogP contribution in [-0.4, -0.2) is 22.6 Å². The van der Waals surface area contributed by atoms with E-state index in [1.54, 1.807) is 7.11 Å². The Morgan fingerprint density at radius 1 is 1.06 bits per heavy atom. The fraction of sp³-hybridized carbons (Fsp3) is 0.179. The summed E-state index contributed by atoms with van der Waals surface area (Å²) in [6.07, 6.45) is 0.472. The molecule has 0 bridgehead atoms. The van der Waals surface area contributed by atoms with Crippen LogP contribution in [0.15, 0.2) is 71.5 Å². The highest BCUT2D eigenvalue weighted by Gasteiger charge is 2.24. The normalized spacial score (nSPS) is 10.7. The number of carbonyl (C=O) groups excluding carboxylic acids is 1. The predicted molar refractivity (Wildman–Crippen MR) is 130 cm³/mol. The van der Waals surface area contributed by atoms with Crippen molar-refractivity contribution in [2.75, 3.05) is 7.11 Å². The number of fused-ring (bicyclic) bond motifs is 1. The van der Waals surface area contributed by atoms with Gasteiger partial charge in [-0.15, -0.1) is 0 Å². The van der Waals surface area contributed by atoms with Gasteiger partial charge in [-0.25, -0.2) is 0 Å². The number of aromatic hydroxyl groups is 1. The monoisotopic (exact) mass is 452 g/mol. The number of pyridine rings is 1. The van der Waals surface area contributed by atoms with Crippen molar-refractivity contribution in [2.45, 2.75) is 26.3 Å². The Labute approximate surface area is 197 Å². The van der Waals surface area contributed by atoms with Crippen molar-refractivity contribution in [3.63, 3.8) is 0 Å². The van der Waals surface area contributed by atoms with Gasteiger partial charge in [-0.05, 0) is 52.9 Å². The highest BCUT2D eigenvalue weighted by molar-refractivity contribution is 6.03. The molecule has 0 unspecified atom stereocenters. The van der Waals surface area contributed by atoms with E-state index in [-0.39, 0.29) is 35.4 Å². The highest BCUT2D eigenvalue weighted by Crippen LogP contribution is 2.26. The fourth-order valence-electron chi connectivity index (χ4n) is 4.23. The van der Waals surface area contributed by atoms with Gasteiger partial charge in [-0.2, -0.15) is 5.26 Å². The molecule has 4 aromatic rings. The lowest BCUT2D eigenvalue weighted by Crippen LogP contribution is -2.27. The topological polar surface area (TPSA) is 92.3 Å². The van der Waals surface area contributed by atoms with Gasteiger partial charge in [0, 0.05) is 13.0 Å². The van der Waals surface area contributed by atoms with Gasteiger partial charge >= 0.3 is 0 Å². The van der Waals surface area contributed by atoms with Crippen LogP contribution in [-0.2, 0) is 19.4 Å². The number of hydrogen-bond donors (Lipinski definition) is 1. The number of methoxy groups -OCH3 is 1. The first-order valence-electron chi connectivity index (χ1n) is 10.9. The number of aromatic nitrogens is 1. The van der Waals surface area contributed by atoms with E-state index in [1.807, 2.05) is 72.8 Å². The molecule has 0 aliphatic carbocycles. The molecule has 1 N–H and O–H groups in total. The van der Waals surface area contributed by atoms with E-state index < -0.39 is 11.4 Å². The van der Waals surface area contributed by atoms with Crippen molar-refractivity contribution < 1.29 is 14.6 Å². The summed E-state index contributed by atoms with van der Waals surface area (Å²) in [5, 5.41) is 22.6. The molecule has 34 heavy (non-hydrogen) atoms. The molecule has 3 aromatic carbocycles. The van der Waals surface area contributed by atoms with Gasteiger partial charge in [-0.3, -0.25) is 14.2 Å². The molecular formula is C28H24N2O4. The maximum atomic E-state index is 13.4. The van der Waals surface area contributed by atoms with Gasteiger partial charge in [-0.1, -0.05) is 54.6 Å². The smallest absolute Gasteiger partial charge is 0.271 e. The minimum absolute atomic E-state index is 0.0128. The number of rotatable bonds is 7. The molecular weight excluding hydrogens is 428 g/mol. The van der Waals surface area contributed by atoms with Gasteiger partial charge < -0.3 is 9.84 Å². The fourth-order valence-corrected chi connectivity index (χ4v) is 4.23. The third-order valence-electron chi connectivity index (χ3n) is 6.09. The van der Waals surface area contributed by atoms with Crippen molar-refractivity contribution in [2.24, 2.45) is 0 Å². The number of aryl methyl sites for hydroxylation is 1. The van der Waals surface area contributed by atoms with Crippen molar-refractivity contribution >= 4 is 16.6 Å². The van der Waals surface area contributed by atoms with Crippen molar-refractivity contribution in [3.05, 3.63) is 105 Å². The summed E-state index contributed by atoms with van der Waals surface area (Å²) < 4.78 is 6.28. The molecule has 0 saturated carbocycles. The summed E-state index contributed by atoms with van der Waals surface area (Å²) in [6.45, 7) is 1.66. The Bertz CT molecular complexity index is 1470. The standard InChI is InChI=1S/C28H24N2O4/c1-18-24(17-29)27(32)30(15-14-19-10-12-22(34-2)13-11-19)28(33)26(18)25(31)16-21-8-5-7-20-6-3-4-9-23(20)21/h3-13,33H,14-16H2,1-2H3. The molecule has 6 heteroatoms. The first kappa shape index (κ1) is 22.8. The molecule has 1 aromatic heterocycles. The molecule has 170 valence electrons. The van der Waals surface area contributed by atoms with Crippen LogP contribution < -0.4 is 10.3 Å². The maximum Gasteiger partial charge on any atom is 0.271 e. The van der Waals surface area contributed by atoms with E-state index >= 15 is 0 Å². The maximum absolute atomic E-state index is 13.4. The summed E-state index contributed by atoms with van der Waals surface area (Å²) in [6, 6.07) is 22.8. The molecule has 0 amide bonds. The van der Waals surface area contributed by atoms with Crippen LogP contribution >= 0.6 is 0 Å². The van der Waals surface area contributed by atoms with E-state index in [2.05, 4.69) is 0 Å². The molecule has 6 nitrogen and oxygen atoms in total. The first-order chi connectivity index (χ1) is 16.4. The summed E-state index contributed by atoms with van der Waals surface area (Å²) >= 11 is 0. The average Bonchev–Trinajstić information content (AvgIpc) is 2.85. The first-order valence-corrected chi connectivity index (χ1v) is 10.9. The molecule has 0 aliphatic rings. The van der Waals surface area contributed by atoms with Crippen molar-refractivity contribution in [1.29, 1.82) is 5.26 Å². The Kier molecular flexibility index (Phi) is 6.46. The van der Waals surface area contributed by atoms with Crippen LogP contribution in [0.2, 0.25) is 0 Å². The predicted octanol–water partition coefficient (Wildman–Crippen LogP) is 4.56. The van der Waals surface area contributed by atoms with Crippen LogP contribution in [0, 0.1) is 18.3 Å². The van der Waals surface area contributed by atoms with E-state index in [0.717, 1.165) is 26.5 Å². The highest BCUT2D eigenvalue weighted by atomic mass is 16.5. The van der Waals surface area contributed by atoms with Crippen molar-refractivity contribution in [1.82, 2.24) is 4.57 Å². The van der Waals surface area contributed by atoms with E-state index in [0.29, 0.717) is 12.2 Å². The second-order valence-electron chi connectivity index (χ2n) is 8.10. The molecule has 0 radical (unpaired) electrons. The Balaban J connectivity index is 1.71. The SMILES string of the molecule is COc1ccc(CCn2c(O)c(C(=O)Cc3cccc4ccccc34)c(C)c(C#N)c2=O)cc1. The molecule has 0 saturated heterocycles. The lowest BCUT2D eigenvalue weighted by atomic mass is 9.94. The van der Waals surface area contributed by atoms with E-state index in [9.17, 15) is 20.0 Å². The van der Waals surface area contributed by atoms with Crippen molar-refractivity contribution in [3.8, 4) is 17.7 Å². The second-order valence-corrected chi connectivity index (χ2v) is 8.10. The molecule has 4 rings (SSSR count). The minimum atomic E-state index is -0.604. The van der Waals surface area contributed by atoms with Gasteiger partial charge in [0.25, 0.3) is 5.56 Å². The number of Topliss-reactive ketones (excluding diaryl/α,β-unsaturated/α-hetero) is 1. The number of nitrogens with zero attached hydrogens (tertiary/aromatic N) is 2. The zero-order chi connectivity index (χ0) is 24.2. The quantitative estimate of drug-likeness (QED) is 0.415. The van der Waals surface area contributed by atoms with E-state index in [1.165, 1.54) is 6.92 Å². The Morgan fingerprint density at radius 3 is 2.47 bits per heavy atom. The number of carbonyl (C=O) groups is 1. The Morgan fingerprint density at radius 2 is 1.76 bits per heavy atom. The van der Waals surface area contributed by atoms with Crippen LogP contribution in [0.5, 0.6) is 11.6 Å². The molecule has 0 atom stereocenters. The largest absolute Gasteiger partial charge is 0.497 e. The van der Waals surface area contributed by atoms with Crippen LogP contribution in [0.1, 0.15) is 32.6 Å². The second kappa shape index (κ2) is 9.63. The van der Waals surface area contributed by atoms with Gasteiger partial charge in [0.05, 0.1) is 12.7 Å². The van der Waals surface area contributed by atoms with Crippen LogP contribution in [0.25, 0.3) is 10.8 Å². The van der Waals surface area contributed by atoms with Gasteiger partial charge in [0.15, 0.2) is 5.78 Å². The lowest BCUT2D eigenvalue weighted by Gasteiger charge is -2.16. The third kappa shape index (κ3) is 4.28. The summed E-state index contributed by atoms with van der Waals surface area (Å²) in [7, 11) is 1.58. The van der Waals surface area contributed by atoms with Gasteiger partial charge in [0.2, 0.25) is 5.88 Å². The number of nitriles is 1. The molecule has 1 heterocycles. The molecule has 0 fully saturated rings. The number of hydrogen-bond acceptors (Lipinski definition) is 5. The molecule has 0 spiro atoms. The summed E-state index contributed by atoms with van der Waals surface area (Å²) in [5.74, 6) is -0.0338. The van der Waals surface area contributed by atoms with Crippen LogP contribution in [0.3, 0.4) is 0 Å². The Hall–Kier alpha value is -4.37. The summed E-state index contributed by atoms with van der Waals surface area (Å²) in [4.78, 5) is 26.3. The van der Waals surface area contributed by atoms with Gasteiger partial charge in [0.1, 0.15) is 17.4 Å². The molecule has 0 aliphatic heterocycles. The zero-order valence-corrected chi connectivity index (χ0v) is 19.0. The number of ketones is 1. The number of benzene rings is 3. The van der Waals surface area contributed by atoms with E-state index in [4.69, 9.17) is 4.74 Å². The van der Waals surface area contributed by atoms with Crippen LogP contribution in [0.4, 0.5) is 0 Å².